The lowest BCUT2D eigenvalue weighted by molar-refractivity contribution is 0.0522. The number of furan rings is 1. The monoisotopic (exact) mass is 240 g/mol. The minimum absolute atomic E-state index is 0.711. The van der Waals surface area contributed by atoms with Crippen molar-refractivity contribution in [2.45, 2.75) is 65.6 Å². The molecule has 0 aromatic carbocycles. The minimum atomic E-state index is -1.00. The van der Waals surface area contributed by atoms with Gasteiger partial charge in [0.05, 0.1) is 11.2 Å². The highest BCUT2D eigenvalue weighted by Gasteiger charge is 2.35. The van der Waals surface area contributed by atoms with Gasteiger partial charge in [0.2, 0.25) is 0 Å². The summed E-state index contributed by atoms with van der Waals surface area (Å²) in [4.78, 5) is 0. The molecule has 1 aromatic heterocycles. The fourth-order valence-corrected chi connectivity index (χ4v) is 2.32. The molecular formula is C14H24O3. The van der Waals surface area contributed by atoms with Gasteiger partial charge >= 0.3 is 0 Å². The minimum Gasteiger partial charge on any atom is -0.465 e. The van der Waals surface area contributed by atoms with Crippen LogP contribution in [0, 0.1) is 0 Å². The zero-order chi connectivity index (χ0) is 13.4. The summed E-state index contributed by atoms with van der Waals surface area (Å²) in [6.07, 6.45) is 1.42. The van der Waals surface area contributed by atoms with Crippen LogP contribution in [0.4, 0.5) is 0 Å². The van der Waals surface area contributed by atoms with Crippen LogP contribution in [0.25, 0.3) is 0 Å². The van der Waals surface area contributed by atoms with Crippen LogP contribution in [0.1, 0.15) is 64.2 Å². The van der Waals surface area contributed by atoms with Crippen molar-refractivity contribution in [3.05, 3.63) is 22.6 Å². The number of aryl methyl sites for hydroxylation is 2. The largest absolute Gasteiger partial charge is 0.465 e. The summed E-state index contributed by atoms with van der Waals surface area (Å²) in [6, 6.07) is 0. The van der Waals surface area contributed by atoms with Crippen molar-refractivity contribution in [2.24, 2.45) is 0 Å². The summed E-state index contributed by atoms with van der Waals surface area (Å²) >= 11 is 0. The molecule has 0 aliphatic rings. The topological polar surface area (TPSA) is 53.6 Å². The molecule has 1 rings (SSSR count). The second kappa shape index (κ2) is 4.46. The highest BCUT2D eigenvalue weighted by atomic mass is 16.3. The predicted octanol–water partition coefficient (Wildman–Crippen LogP) is 2.86. The molecule has 2 N–H and O–H groups in total. The zero-order valence-electron chi connectivity index (χ0n) is 11.7. The van der Waals surface area contributed by atoms with Gasteiger partial charge in [0.15, 0.2) is 0 Å². The first kappa shape index (κ1) is 14.3. The van der Waals surface area contributed by atoms with E-state index in [-0.39, 0.29) is 0 Å². The molecule has 0 spiro atoms. The molecule has 0 atom stereocenters. The van der Waals surface area contributed by atoms with Gasteiger partial charge in [-0.25, -0.2) is 0 Å². The van der Waals surface area contributed by atoms with Crippen molar-refractivity contribution in [1.29, 1.82) is 0 Å². The first-order valence-electron chi connectivity index (χ1n) is 6.23. The molecule has 0 saturated carbocycles. The lowest BCUT2D eigenvalue weighted by Gasteiger charge is -2.25. The SMILES string of the molecule is CCc1oc(CC)c(C(C)(C)O)c1C(C)(C)O. The lowest BCUT2D eigenvalue weighted by atomic mass is 9.85. The van der Waals surface area contributed by atoms with Crippen molar-refractivity contribution >= 4 is 0 Å². The Morgan fingerprint density at radius 2 is 1.12 bits per heavy atom. The van der Waals surface area contributed by atoms with Crippen LogP contribution in [0.5, 0.6) is 0 Å². The van der Waals surface area contributed by atoms with Crippen LogP contribution >= 0.6 is 0 Å². The van der Waals surface area contributed by atoms with Crippen molar-refractivity contribution in [2.75, 3.05) is 0 Å². The summed E-state index contributed by atoms with van der Waals surface area (Å²) in [5.74, 6) is 1.54. The zero-order valence-corrected chi connectivity index (χ0v) is 11.7. The molecule has 0 unspecified atom stereocenters. The molecule has 0 saturated heterocycles. The van der Waals surface area contributed by atoms with Crippen LogP contribution in [0.3, 0.4) is 0 Å². The summed E-state index contributed by atoms with van der Waals surface area (Å²) < 4.78 is 5.78. The Balaban J connectivity index is 3.58. The Morgan fingerprint density at radius 1 is 0.824 bits per heavy atom. The summed E-state index contributed by atoms with van der Waals surface area (Å²) in [6.45, 7) is 10.9. The third-order valence-electron chi connectivity index (χ3n) is 2.92. The number of rotatable bonds is 4. The summed E-state index contributed by atoms with van der Waals surface area (Å²) in [5.41, 5.74) is -0.524. The van der Waals surface area contributed by atoms with Gasteiger partial charge in [0.25, 0.3) is 0 Å². The standard InChI is InChI=1S/C14H24O3/c1-7-9-11(13(3,4)15)12(14(5,6)16)10(8-2)17-9/h15-16H,7-8H2,1-6H3. The first-order chi connectivity index (χ1) is 7.62. The molecular weight excluding hydrogens is 216 g/mol. The summed E-state index contributed by atoms with van der Waals surface area (Å²) in [5, 5.41) is 20.6. The molecule has 0 aliphatic carbocycles. The molecule has 0 aliphatic heterocycles. The number of aliphatic hydroxyl groups is 2. The van der Waals surface area contributed by atoms with Gasteiger partial charge < -0.3 is 14.6 Å². The highest BCUT2D eigenvalue weighted by Crippen LogP contribution is 2.38. The van der Waals surface area contributed by atoms with Crippen molar-refractivity contribution in [3.63, 3.8) is 0 Å². The normalized spacial score (nSPS) is 13.2. The Kier molecular flexibility index (Phi) is 3.75. The predicted molar refractivity (Wildman–Crippen MR) is 68.0 cm³/mol. The van der Waals surface area contributed by atoms with Crippen LogP contribution in [0.15, 0.2) is 4.42 Å². The van der Waals surface area contributed by atoms with E-state index in [1.54, 1.807) is 27.7 Å². The van der Waals surface area contributed by atoms with Gasteiger partial charge in [-0.15, -0.1) is 0 Å². The average Bonchev–Trinajstić information content (AvgIpc) is 2.54. The second-order valence-corrected chi connectivity index (χ2v) is 5.52. The van der Waals surface area contributed by atoms with Crippen LogP contribution in [0.2, 0.25) is 0 Å². The smallest absolute Gasteiger partial charge is 0.110 e. The fraction of sp³-hybridized carbons (Fsp3) is 0.714. The molecule has 17 heavy (non-hydrogen) atoms. The van der Waals surface area contributed by atoms with E-state index in [2.05, 4.69) is 0 Å². The van der Waals surface area contributed by atoms with E-state index < -0.39 is 11.2 Å². The van der Waals surface area contributed by atoms with E-state index in [4.69, 9.17) is 4.42 Å². The number of hydrogen-bond donors (Lipinski definition) is 2. The molecule has 0 radical (unpaired) electrons. The maximum Gasteiger partial charge on any atom is 0.110 e. The van der Waals surface area contributed by atoms with E-state index in [0.29, 0.717) is 12.8 Å². The molecule has 98 valence electrons. The molecule has 3 heteroatoms. The Hall–Kier alpha value is -0.800. The van der Waals surface area contributed by atoms with Crippen LogP contribution in [-0.2, 0) is 24.0 Å². The van der Waals surface area contributed by atoms with Gasteiger partial charge in [0.1, 0.15) is 11.5 Å². The van der Waals surface area contributed by atoms with Gasteiger partial charge in [-0.05, 0) is 27.7 Å². The molecule has 3 nitrogen and oxygen atoms in total. The highest BCUT2D eigenvalue weighted by molar-refractivity contribution is 5.41. The molecule has 0 fully saturated rings. The maximum atomic E-state index is 10.3. The third-order valence-corrected chi connectivity index (χ3v) is 2.92. The van der Waals surface area contributed by atoms with Crippen molar-refractivity contribution < 1.29 is 14.6 Å². The Bertz CT molecular complexity index is 352. The molecule has 1 heterocycles. The number of hydrogen-bond acceptors (Lipinski definition) is 3. The third kappa shape index (κ3) is 2.72. The van der Waals surface area contributed by atoms with Crippen LogP contribution < -0.4 is 0 Å². The summed E-state index contributed by atoms with van der Waals surface area (Å²) in [7, 11) is 0. The van der Waals surface area contributed by atoms with E-state index in [1.165, 1.54) is 0 Å². The first-order valence-corrected chi connectivity index (χ1v) is 6.23. The Labute approximate surface area is 103 Å². The second-order valence-electron chi connectivity index (χ2n) is 5.52. The van der Waals surface area contributed by atoms with E-state index in [1.807, 2.05) is 13.8 Å². The van der Waals surface area contributed by atoms with Gasteiger partial charge in [-0.1, -0.05) is 13.8 Å². The quantitative estimate of drug-likeness (QED) is 0.851. The molecule has 0 bridgehead atoms. The van der Waals surface area contributed by atoms with E-state index >= 15 is 0 Å². The average molecular weight is 240 g/mol. The van der Waals surface area contributed by atoms with Crippen LogP contribution in [-0.4, -0.2) is 10.2 Å². The van der Waals surface area contributed by atoms with Crippen molar-refractivity contribution in [1.82, 2.24) is 0 Å². The van der Waals surface area contributed by atoms with E-state index in [9.17, 15) is 10.2 Å². The van der Waals surface area contributed by atoms with Crippen molar-refractivity contribution in [3.8, 4) is 0 Å². The maximum absolute atomic E-state index is 10.3. The molecule has 1 aromatic rings. The Morgan fingerprint density at radius 3 is 1.29 bits per heavy atom. The van der Waals surface area contributed by atoms with Gasteiger partial charge in [0, 0.05) is 24.0 Å². The van der Waals surface area contributed by atoms with Gasteiger partial charge in [-0.3, -0.25) is 0 Å². The van der Waals surface area contributed by atoms with E-state index in [0.717, 1.165) is 22.6 Å². The molecule has 0 amide bonds. The lowest BCUT2D eigenvalue weighted by Crippen LogP contribution is -2.26. The fourth-order valence-electron chi connectivity index (χ4n) is 2.32. The van der Waals surface area contributed by atoms with Gasteiger partial charge in [-0.2, -0.15) is 0 Å².